The minimum atomic E-state index is -0.316. The topological polar surface area (TPSA) is 84.7 Å². The van der Waals surface area contributed by atoms with E-state index in [1.165, 1.54) is 10.5 Å². The second-order valence-electron chi connectivity index (χ2n) is 7.73. The quantitative estimate of drug-likeness (QED) is 0.476. The van der Waals surface area contributed by atoms with Gasteiger partial charge < -0.3 is 15.4 Å². The van der Waals surface area contributed by atoms with E-state index in [0.29, 0.717) is 22.8 Å². The van der Waals surface area contributed by atoms with Crippen molar-refractivity contribution in [2.75, 3.05) is 10.6 Å². The average Bonchev–Trinajstić information content (AvgIpc) is 2.76. The summed E-state index contributed by atoms with van der Waals surface area (Å²) in [5.41, 5.74) is 5.45. The van der Waals surface area contributed by atoms with E-state index >= 15 is 0 Å². The van der Waals surface area contributed by atoms with Gasteiger partial charge in [0, 0.05) is 23.6 Å². The van der Waals surface area contributed by atoms with Gasteiger partial charge in [-0.05, 0) is 73.9 Å². The highest BCUT2D eigenvalue weighted by Crippen LogP contribution is 2.19. The molecule has 0 spiro atoms. The molecule has 0 atom stereocenters. The summed E-state index contributed by atoms with van der Waals surface area (Å²) in [4.78, 5) is 29.1. The average molecular weight is 428 g/mol. The number of hydrogen-bond acceptors (Lipinski definition) is 4. The lowest BCUT2D eigenvalue weighted by atomic mass is 10.1. The number of rotatable bonds is 5. The molecular formula is C25H24N4O3. The van der Waals surface area contributed by atoms with E-state index in [1.807, 2.05) is 51.1 Å². The smallest absolute Gasteiger partial charge is 0.323 e. The Morgan fingerprint density at radius 1 is 0.938 bits per heavy atom. The maximum Gasteiger partial charge on any atom is 0.323 e. The van der Waals surface area contributed by atoms with Gasteiger partial charge in [-0.2, -0.15) is 0 Å². The van der Waals surface area contributed by atoms with Crippen LogP contribution in [0.25, 0.3) is 5.65 Å². The number of ether oxygens (including phenoxy) is 1. The summed E-state index contributed by atoms with van der Waals surface area (Å²) in [5.74, 6) is 0.608. The lowest BCUT2D eigenvalue weighted by molar-refractivity contribution is 0.262. The minimum Gasteiger partial charge on any atom is -0.487 e. The van der Waals surface area contributed by atoms with Crippen LogP contribution in [0.15, 0.2) is 71.7 Å². The van der Waals surface area contributed by atoms with E-state index in [0.717, 1.165) is 22.4 Å². The van der Waals surface area contributed by atoms with Crippen LogP contribution in [0.2, 0.25) is 0 Å². The Balaban J connectivity index is 1.37. The third kappa shape index (κ3) is 4.95. The van der Waals surface area contributed by atoms with Gasteiger partial charge in [-0.25, -0.2) is 9.78 Å². The summed E-state index contributed by atoms with van der Waals surface area (Å²) in [7, 11) is 0. The number of amides is 2. The van der Waals surface area contributed by atoms with Crippen molar-refractivity contribution in [1.82, 2.24) is 9.38 Å². The predicted molar refractivity (Wildman–Crippen MR) is 126 cm³/mol. The lowest BCUT2D eigenvalue weighted by Crippen LogP contribution is -2.20. The summed E-state index contributed by atoms with van der Waals surface area (Å²) < 4.78 is 7.28. The van der Waals surface area contributed by atoms with Gasteiger partial charge in [-0.3, -0.25) is 9.20 Å². The van der Waals surface area contributed by atoms with Gasteiger partial charge >= 0.3 is 6.03 Å². The molecule has 2 amide bonds. The van der Waals surface area contributed by atoms with Crippen molar-refractivity contribution >= 4 is 23.1 Å². The number of carbonyl (C=O) groups excluding carboxylic acids is 1. The van der Waals surface area contributed by atoms with E-state index in [9.17, 15) is 9.59 Å². The number of aromatic nitrogens is 2. The second-order valence-corrected chi connectivity index (χ2v) is 7.73. The maximum atomic E-state index is 12.3. The largest absolute Gasteiger partial charge is 0.487 e. The molecule has 32 heavy (non-hydrogen) atoms. The van der Waals surface area contributed by atoms with Crippen LogP contribution in [0.3, 0.4) is 0 Å². The molecule has 0 saturated heterocycles. The van der Waals surface area contributed by atoms with Crippen LogP contribution >= 0.6 is 0 Å². The van der Waals surface area contributed by atoms with Crippen LogP contribution in [-0.4, -0.2) is 15.4 Å². The van der Waals surface area contributed by atoms with E-state index in [2.05, 4.69) is 15.6 Å². The number of carbonyl (C=O) groups is 1. The van der Waals surface area contributed by atoms with Crippen LogP contribution in [0, 0.1) is 20.8 Å². The standard InChI is InChI=1S/C25H24N4O3/c1-16-4-6-18(3)22(12-16)28-25(31)27-19-7-9-21(10-8-19)32-15-20-13-24(30)29-14-17(2)5-11-23(29)26-20/h4-14H,15H2,1-3H3,(H2,27,28,31). The van der Waals surface area contributed by atoms with Gasteiger partial charge in [0.1, 0.15) is 18.0 Å². The van der Waals surface area contributed by atoms with Gasteiger partial charge in [0.2, 0.25) is 0 Å². The fourth-order valence-corrected chi connectivity index (χ4v) is 3.28. The van der Waals surface area contributed by atoms with Crippen molar-refractivity contribution in [2.45, 2.75) is 27.4 Å². The van der Waals surface area contributed by atoms with E-state index in [1.54, 1.807) is 30.5 Å². The number of urea groups is 1. The molecule has 0 saturated carbocycles. The molecule has 2 aromatic carbocycles. The molecule has 162 valence electrons. The molecule has 7 heteroatoms. The van der Waals surface area contributed by atoms with Gasteiger partial charge in [0.15, 0.2) is 0 Å². The lowest BCUT2D eigenvalue weighted by Gasteiger charge is -2.11. The van der Waals surface area contributed by atoms with Crippen molar-refractivity contribution in [3.8, 4) is 5.75 Å². The molecule has 2 N–H and O–H groups in total. The SMILES string of the molecule is Cc1ccc(C)c(NC(=O)Nc2ccc(OCc3cc(=O)n4cc(C)ccc4n3)cc2)c1. The van der Waals surface area contributed by atoms with Crippen LogP contribution in [0.5, 0.6) is 5.75 Å². The molecular weight excluding hydrogens is 404 g/mol. The molecule has 0 aliphatic carbocycles. The summed E-state index contributed by atoms with van der Waals surface area (Å²) in [6.07, 6.45) is 1.76. The van der Waals surface area contributed by atoms with Crippen LogP contribution in [-0.2, 0) is 6.61 Å². The molecule has 0 radical (unpaired) electrons. The molecule has 2 aromatic heterocycles. The van der Waals surface area contributed by atoms with Crippen molar-refractivity contribution < 1.29 is 9.53 Å². The molecule has 0 fully saturated rings. The summed E-state index contributed by atoms with van der Waals surface area (Å²) >= 11 is 0. The highest BCUT2D eigenvalue weighted by atomic mass is 16.5. The van der Waals surface area contributed by atoms with Gasteiger partial charge in [-0.15, -0.1) is 0 Å². The third-order valence-electron chi connectivity index (χ3n) is 5.00. The zero-order valence-electron chi connectivity index (χ0n) is 18.2. The Kier molecular flexibility index (Phi) is 5.89. The molecule has 4 aromatic rings. The van der Waals surface area contributed by atoms with Crippen molar-refractivity contribution in [3.05, 3.63) is 99.6 Å². The monoisotopic (exact) mass is 428 g/mol. The summed E-state index contributed by atoms with van der Waals surface area (Å²) in [6, 6.07) is 17.8. The maximum absolute atomic E-state index is 12.3. The number of fused-ring (bicyclic) bond motifs is 1. The first-order valence-electron chi connectivity index (χ1n) is 10.2. The molecule has 0 unspecified atom stereocenters. The Bertz CT molecular complexity index is 1340. The van der Waals surface area contributed by atoms with Crippen molar-refractivity contribution in [2.24, 2.45) is 0 Å². The first kappa shape index (κ1) is 21.1. The van der Waals surface area contributed by atoms with Crippen LogP contribution < -0.4 is 20.9 Å². The second kappa shape index (κ2) is 8.93. The number of anilines is 2. The Morgan fingerprint density at radius 2 is 1.69 bits per heavy atom. The van der Waals surface area contributed by atoms with Crippen molar-refractivity contribution in [3.63, 3.8) is 0 Å². The molecule has 4 rings (SSSR count). The fraction of sp³-hybridized carbons (Fsp3) is 0.160. The number of aryl methyl sites for hydroxylation is 3. The Morgan fingerprint density at radius 3 is 2.47 bits per heavy atom. The zero-order valence-corrected chi connectivity index (χ0v) is 18.2. The number of benzene rings is 2. The van der Waals surface area contributed by atoms with E-state index in [4.69, 9.17) is 4.74 Å². The highest BCUT2D eigenvalue weighted by molar-refractivity contribution is 6.00. The van der Waals surface area contributed by atoms with E-state index < -0.39 is 0 Å². The number of pyridine rings is 1. The van der Waals surface area contributed by atoms with Gasteiger partial charge in [-0.1, -0.05) is 18.2 Å². The van der Waals surface area contributed by atoms with Gasteiger partial charge in [0.05, 0.1) is 5.69 Å². The number of nitrogens with one attached hydrogen (secondary N) is 2. The number of nitrogens with zero attached hydrogens (tertiary/aromatic N) is 2. The molecule has 0 bridgehead atoms. The first-order valence-corrected chi connectivity index (χ1v) is 10.2. The number of hydrogen-bond donors (Lipinski definition) is 2. The predicted octanol–water partition coefficient (Wildman–Crippen LogP) is 4.84. The summed E-state index contributed by atoms with van der Waals surface area (Å²) in [5, 5.41) is 5.67. The third-order valence-corrected chi connectivity index (χ3v) is 5.00. The molecule has 2 heterocycles. The summed E-state index contributed by atoms with van der Waals surface area (Å²) in [6.45, 7) is 6.02. The minimum absolute atomic E-state index is 0.147. The molecule has 7 nitrogen and oxygen atoms in total. The Labute approximate surface area is 185 Å². The van der Waals surface area contributed by atoms with E-state index in [-0.39, 0.29) is 18.2 Å². The van der Waals surface area contributed by atoms with Gasteiger partial charge in [0.25, 0.3) is 5.56 Å². The van der Waals surface area contributed by atoms with Crippen LogP contribution in [0.4, 0.5) is 16.2 Å². The molecule has 0 aliphatic heterocycles. The fourth-order valence-electron chi connectivity index (χ4n) is 3.28. The van der Waals surface area contributed by atoms with Crippen molar-refractivity contribution in [1.29, 1.82) is 0 Å². The highest BCUT2D eigenvalue weighted by Gasteiger charge is 2.07. The first-order chi connectivity index (χ1) is 15.4. The molecule has 0 aliphatic rings. The normalized spacial score (nSPS) is 10.7. The van der Waals surface area contributed by atoms with Crippen LogP contribution in [0.1, 0.15) is 22.4 Å². The Hall–Kier alpha value is -4.13. The zero-order chi connectivity index (χ0) is 22.7.